The molecule has 0 aliphatic heterocycles. The first-order valence-electron chi connectivity index (χ1n) is 10.5. The van der Waals surface area contributed by atoms with Crippen molar-refractivity contribution in [3.05, 3.63) is 76.6 Å². The predicted molar refractivity (Wildman–Crippen MR) is 129 cm³/mol. The van der Waals surface area contributed by atoms with Crippen molar-refractivity contribution in [1.29, 1.82) is 0 Å². The number of amides is 1. The molecule has 0 saturated heterocycles. The third kappa shape index (κ3) is 5.51. The van der Waals surface area contributed by atoms with E-state index in [1.54, 1.807) is 18.2 Å². The van der Waals surface area contributed by atoms with Gasteiger partial charge < -0.3 is 10.5 Å². The van der Waals surface area contributed by atoms with E-state index in [0.29, 0.717) is 11.4 Å². The third-order valence-electron chi connectivity index (χ3n) is 5.05. The molecule has 1 aromatic heterocycles. The summed E-state index contributed by atoms with van der Waals surface area (Å²) < 4.78 is 33.8. The number of nitrogens with one attached hydrogen (secondary N) is 1. The Morgan fingerprint density at radius 1 is 1.00 bits per heavy atom. The lowest BCUT2D eigenvalue weighted by Gasteiger charge is -2.21. The minimum absolute atomic E-state index is 0.115. The fourth-order valence-corrected chi connectivity index (χ4v) is 4.47. The normalized spacial score (nSPS) is 11.8. The molecule has 0 atom stereocenters. The summed E-state index contributed by atoms with van der Waals surface area (Å²) in [6.45, 7) is 11.7. The molecule has 2 aromatic carbocycles. The molecule has 7 nitrogen and oxygen atoms in total. The number of aromatic nitrogens is 1. The number of pyridine rings is 1. The van der Waals surface area contributed by atoms with Gasteiger partial charge in [0.25, 0.3) is 15.9 Å². The molecule has 0 radical (unpaired) electrons. The van der Waals surface area contributed by atoms with Gasteiger partial charge in [-0.05, 0) is 62.2 Å². The molecule has 3 aromatic rings. The Hall–Kier alpha value is -3.39. The molecule has 1 amide bonds. The number of rotatable bonds is 5. The lowest BCUT2D eigenvalue weighted by Crippen LogP contribution is -2.32. The second-order valence-electron chi connectivity index (χ2n) is 9.13. The van der Waals surface area contributed by atoms with Gasteiger partial charge in [-0.25, -0.2) is 18.1 Å². The van der Waals surface area contributed by atoms with E-state index in [2.05, 4.69) is 9.71 Å². The standard InChI is InChI=1S/C25H29N3O4S/c1-15-12-16(2)23(17(3)13-15)32-20-10-11-21(25(4,5)6)27-22(20)24(29)28-33(30,31)19-9-7-8-18(26)14-19/h7-14H,26H2,1-6H3,(H,28,29). The highest BCUT2D eigenvalue weighted by Gasteiger charge is 2.26. The van der Waals surface area contributed by atoms with E-state index in [1.165, 1.54) is 18.2 Å². The maximum Gasteiger partial charge on any atom is 0.287 e. The molecule has 0 saturated carbocycles. The highest BCUT2D eigenvalue weighted by Crippen LogP contribution is 2.33. The number of benzene rings is 2. The van der Waals surface area contributed by atoms with Crippen molar-refractivity contribution in [2.75, 3.05) is 5.73 Å². The van der Waals surface area contributed by atoms with Crippen LogP contribution in [-0.2, 0) is 15.4 Å². The number of anilines is 1. The van der Waals surface area contributed by atoms with Gasteiger partial charge >= 0.3 is 0 Å². The van der Waals surface area contributed by atoms with Crippen LogP contribution in [0.2, 0.25) is 0 Å². The fourth-order valence-electron chi connectivity index (χ4n) is 3.46. The van der Waals surface area contributed by atoms with Crippen LogP contribution in [-0.4, -0.2) is 19.3 Å². The summed E-state index contributed by atoms with van der Waals surface area (Å²) in [6.07, 6.45) is 0. The monoisotopic (exact) mass is 467 g/mol. The van der Waals surface area contributed by atoms with E-state index < -0.39 is 15.9 Å². The number of carbonyl (C=O) groups excluding carboxylic acids is 1. The Bertz CT molecular complexity index is 1300. The van der Waals surface area contributed by atoms with E-state index in [4.69, 9.17) is 10.5 Å². The maximum atomic E-state index is 13.2. The zero-order valence-electron chi connectivity index (χ0n) is 19.7. The van der Waals surface area contributed by atoms with Crippen molar-refractivity contribution in [2.24, 2.45) is 0 Å². The number of nitrogens with zero attached hydrogens (tertiary/aromatic N) is 1. The Balaban J connectivity index is 2.06. The smallest absolute Gasteiger partial charge is 0.287 e. The SMILES string of the molecule is Cc1cc(C)c(Oc2ccc(C(C)(C)C)nc2C(=O)NS(=O)(=O)c2cccc(N)c2)c(C)c1. The van der Waals surface area contributed by atoms with Gasteiger partial charge in [0.15, 0.2) is 11.4 Å². The molecular formula is C25H29N3O4S. The van der Waals surface area contributed by atoms with Gasteiger partial charge in [-0.2, -0.15) is 0 Å². The Kier molecular flexibility index (Phi) is 6.51. The third-order valence-corrected chi connectivity index (χ3v) is 6.38. The van der Waals surface area contributed by atoms with Gasteiger partial charge in [0.2, 0.25) is 0 Å². The van der Waals surface area contributed by atoms with E-state index in [1.807, 2.05) is 53.7 Å². The number of carbonyl (C=O) groups is 1. The Morgan fingerprint density at radius 2 is 1.64 bits per heavy atom. The number of sulfonamides is 1. The van der Waals surface area contributed by atoms with Crippen LogP contribution < -0.4 is 15.2 Å². The van der Waals surface area contributed by atoms with Crippen LogP contribution in [0.25, 0.3) is 0 Å². The second-order valence-corrected chi connectivity index (χ2v) is 10.8. The number of nitrogens with two attached hydrogens (primary N) is 1. The summed E-state index contributed by atoms with van der Waals surface area (Å²) in [7, 11) is -4.17. The van der Waals surface area contributed by atoms with Crippen molar-refractivity contribution in [1.82, 2.24) is 9.71 Å². The van der Waals surface area contributed by atoms with Crippen molar-refractivity contribution >= 4 is 21.6 Å². The average Bonchev–Trinajstić information content (AvgIpc) is 2.69. The molecule has 3 N–H and O–H groups in total. The first-order chi connectivity index (χ1) is 15.3. The maximum absolute atomic E-state index is 13.2. The van der Waals surface area contributed by atoms with Crippen LogP contribution in [0.3, 0.4) is 0 Å². The topological polar surface area (TPSA) is 111 Å². The lowest BCUT2D eigenvalue weighted by atomic mass is 9.91. The van der Waals surface area contributed by atoms with Crippen LogP contribution in [0.15, 0.2) is 53.4 Å². The highest BCUT2D eigenvalue weighted by molar-refractivity contribution is 7.90. The zero-order chi connectivity index (χ0) is 24.6. The minimum Gasteiger partial charge on any atom is -0.454 e. The molecule has 1 heterocycles. The minimum atomic E-state index is -4.17. The first-order valence-corrected chi connectivity index (χ1v) is 12.0. The van der Waals surface area contributed by atoms with Crippen molar-refractivity contribution in [3.63, 3.8) is 0 Å². The molecule has 3 rings (SSSR count). The molecule has 0 unspecified atom stereocenters. The highest BCUT2D eigenvalue weighted by atomic mass is 32.2. The summed E-state index contributed by atoms with van der Waals surface area (Å²) in [6, 6.07) is 13.1. The number of ether oxygens (including phenoxy) is 1. The fraction of sp³-hybridized carbons (Fsp3) is 0.280. The van der Waals surface area contributed by atoms with Crippen LogP contribution >= 0.6 is 0 Å². The lowest BCUT2D eigenvalue weighted by molar-refractivity contribution is 0.0973. The summed E-state index contributed by atoms with van der Waals surface area (Å²) in [4.78, 5) is 17.5. The Labute approximate surface area is 195 Å². The zero-order valence-corrected chi connectivity index (χ0v) is 20.5. The van der Waals surface area contributed by atoms with E-state index in [9.17, 15) is 13.2 Å². The van der Waals surface area contributed by atoms with Gasteiger partial charge in [0.1, 0.15) is 5.75 Å². The summed E-state index contributed by atoms with van der Waals surface area (Å²) in [5, 5.41) is 0. The Morgan fingerprint density at radius 3 is 2.21 bits per heavy atom. The van der Waals surface area contributed by atoms with Crippen molar-refractivity contribution < 1.29 is 17.9 Å². The second kappa shape index (κ2) is 8.86. The number of hydrogen-bond acceptors (Lipinski definition) is 6. The molecule has 0 aliphatic rings. The van der Waals surface area contributed by atoms with Crippen molar-refractivity contribution in [2.45, 2.75) is 51.9 Å². The molecule has 0 aliphatic carbocycles. The van der Waals surface area contributed by atoms with Gasteiger partial charge in [-0.1, -0.05) is 44.5 Å². The molecule has 8 heteroatoms. The van der Waals surface area contributed by atoms with E-state index in [0.717, 1.165) is 16.7 Å². The molecular weight excluding hydrogens is 438 g/mol. The molecule has 174 valence electrons. The molecule has 0 spiro atoms. The quantitative estimate of drug-likeness (QED) is 0.522. The van der Waals surface area contributed by atoms with Gasteiger partial charge in [0.05, 0.1) is 4.90 Å². The predicted octanol–water partition coefficient (Wildman–Crippen LogP) is 4.80. The van der Waals surface area contributed by atoms with Crippen LogP contribution in [0.1, 0.15) is 53.6 Å². The van der Waals surface area contributed by atoms with Crippen molar-refractivity contribution in [3.8, 4) is 11.5 Å². The van der Waals surface area contributed by atoms with Gasteiger partial charge in [0, 0.05) is 16.8 Å². The average molecular weight is 468 g/mol. The first kappa shape index (κ1) is 24.3. The van der Waals surface area contributed by atoms with Gasteiger partial charge in [-0.15, -0.1) is 0 Å². The number of nitrogen functional groups attached to an aromatic ring is 1. The summed E-state index contributed by atoms with van der Waals surface area (Å²) in [5.41, 5.74) is 8.99. The van der Waals surface area contributed by atoms with E-state index >= 15 is 0 Å². The summed E-state index contributed by atoms with van der Waals surface area (Å²) >= 11 is 0. The molecule has 0 fully saturated rings. The summed E-state index contributed by atoms with van der Waals surface area (Å²) in [5.74, 6) is -0.127. The van der Waals surface area contributed by atoms with Crippen LogP contribution in [0, 0.1) is 20.8 Å². The number of aryl methyl sites for hydroxylation is 3. The molecule has 0 bridgehead atoms. The van der Waals surface area contributed by atoms with Gasteiger partial charge in [-0.3, -0.25) is 4.79 Å². The molecule has 33 heavy (non-hydrogen) atoms. The number of hydrogen-bond donors (Lipinski definition) is 2. The largest absolute Gasteiger partial charge is 0.454 e. The van der Waals surface area contributed by atoms with Crippen LogP contribution in [0.4, 0.5) is 5.69 Å². The van der Waals surface area contributed by atoms with E-state index in [-0.39, 0.29) is 27.4 Å². The van der Waals surface area contributed by atoms with Crippen LogP contribution in [0.5, 0.6) is 11.5 Å².